The minimum Gasteiger partial charge on any atom is -0.482 e. The third kappa shape index (κ3) is 3.45. The SMILES string of the molecule is Nc1ccccc1OCc1nc(N2CCCCCC2)no1. The van der Waals surface area contributed by atoms with Crippen molar-refractivity contribution in [2.24, 2.45) is 0 Å². The maximum absolute atomic E-state index is 5.82. The molecule has 1 aliphatic rings. The molecule has 0 radical (unpaired) electrons. The molecule has 6 nitrogen and oxygen atoms in total. The number of nitrogens with two attached hydrogens (primary N) is 1. The third-order valence-corrected chi connectivity index (χ3v) is 3.62. The number of nitrogens with zero attached hydrogens (tertiary/aromatic N) is 3. The van der Waals surface area contributed by atoms with Crippen LogP contribution < -0.4 is 15.4 Å². The van der Waals surface area contributed by atoms with Gasteiger partial charge in [-0.3, -0.25) is 0 Å². The minimum absolute atomic E-state index is 0.231. The van der Waals surface area contributed by atoms with E-state index in [0.717, 1.165) is 13.1 Å². The lowest BCUT2D eigenvalue weighted by molar-refractivity contribution is 0.244. The van der Waals surface area contributed by atoms with Crippen LogP contribution in [0.25, 0.3) is 0 Å². The molecule has 6 heteroatoms. The standard InChI is InChI=1S/C15H20N4O2/c16-12-7-3-4-8-13(12)20-11-14-17-15(18-21-14)19-9-5-1-2-6-10-19/h3-4,7-8H,1-2,5-6,9-11,16H2. The zero-order valence-corrected chi connectivity index (χ0v) is 12.0. The first-order valence-electron chi connectivity index (χ1n) is 7.38. The Bertz CT molecular complexity index is 577. The van der Waals surface area contributed by atoms with Crippen LogP contribution >= 0.6 is 0 Å². The molecule has 1 aromatic heterocycles. The van der Waals surface area contributed by atoms with Crippen molar-refractivity contribution in [3.63, 3.8) is 0 Å². The monoisotopic (exact) mass is 288 g/mol. The lowest BCUT2D eigenvalue weighted by Crippen LogP contribution is -2.25. The minimum atomic E-state index is 0.231. The largest absolute Gasteiger partial charge is 0.482 e. The van der Waals surface area contributed by atoms with Crippen LogP contribution in [0.15, 0.2) is 28.8 Å². The average Bonchev–Trinajstić information content (AvgIpc) is 2.80. The smallest absolute Gasteiger partial charge is 0.266 e. The number of nitrogen functional groups attached to an aromatic ring is 1. The van der Waals surface area contributed by atoms with E-state index in [9.17, 15) is 0 Å². The Morgan fingerprint density at radius 2 is 1.90 bits per heavy atom. The summed E-state index contributed by atoms with van der Waals surface area (Å²) in [6.07, 6.45) is 4.91. The first kappa shape index (κ1) is 13.7. The highest BCUT2D eigenvalue weighted by atomic mass is 16.5. The van der Waals surface area contributed by atoms with Crippen molar-refractivity contribution in [2.75, 3.05) is 23.7 Å². The number of hydrogen-bond donors (Lipinski definition) is 1. The van der Waals surface area contributed by atoms with Crippen molar-refractivity contribution in [3.8, 4) is 5.75 Å². The van der Waals surface area contributed by atoms with Crippen LogP contribution in [0.5, 0.6) is 5.75 Å². The molecule has 0 aliphatic carbocycles. The van der Waals surface area contributed by atoms with Crippen molar-refractivity contribution in [3.05, 3.63) is 30.2 Å². The van der Waals surface area contributed by atoms with E-state index in [1.54, 1.807) is 6.07 Å². The van der Waals surface area contributed by atoms with Gasteiger partial charge in [0.15, 0.2) is 6.61 Å². The first-order valence-corrected chi connectivity index (χ1v) is 7.38. The molecule has 1 fully saturated rings. The van der Waals surface area contributed by atoms with E-state index in [1.165, 1.54) is 25.7 Å². The molecule has 0 unspecified atom stereocenters. The molecule has 3 rings (SSSR count). The summed E-state index contributed by atoms with van der Waals surface area (Å²) < 4.78 is 10.9. The molecule has 21 heavy (non-hydrogen) atoms. The van der Waals surface area contributed by atoms with Crippen molar-refractivity contribution >= 4 is 11.6 Å². The molecular formula is C15H20N4O2. The van der Waals surface area contributed by atoms with Gasteiger partial charge < -0.3 is 19.9 Å². The quantitative estimate of drug-likeness (QED) is 0.871. The van der Waals surface area contributed by atoms with Crippen LogP contribution in [0.3, 0.4) is 0 Å². The van der Waals surface area contributed by atoms with Crippen LogP contribution in [0.2, 0.25) is 0 Å². The van der Waals surface area contributed by atoms with E-state index in [4.69, 9.17) is 15.0 Å². The molecule has 0 bridgehead atoms. The van der Waals surface area contributed by atoms with Gasteiger partial charge in [-0.25, -0.2) is 0 Å². The van der Waals surface area contributed by atoms with Crippen LogP contribution in [-0.2, 0) is 6.61 Å². The summed E-state index contributed by atoms with van der Waals surface area (Å²) in [4.78, 5) is 6.58. The maximum atomic E-state index is 5.82. The number of anilines is 2. The van der Waals surface area contributed by atoms with Gasteiger partial charge in [0.1, 0.15) is 5.75 Å². The van der Waals surface area contributed by atoms with E-state index in [2.05, 4.69) is 15.0 Å². The molecule has 0 amide bonds. The average molecular weight is 288 g/mol. The van der Waals surface area contributed by atoms with Gasteiger partial charge in [-0.2, -0.15) is 4.98 Å². The highest BCUT2D eigenvalue weighted by Gasteiger charge is 2.16. The van der Waals surface area contributed by atoms with Gasteiger partial charge in [0.2, 0.25) is 0 Å². The summed E-state index contributed by atoms with van der Waals surface area (Å²) in [6, 6.07) is 7.36. The Morgan fingerprint density at radius 3 is 2.67 bits per heavy atom. The summed E-state index contributed by atoms with van der Waals surface area (Å²) in [5.41, 5.74) is 6.43. The predicted octanol–water partition coefficient (Wildman–Crippen LogP) is 2.61. The lowest BCUT2D eigenvalue weighted by Gasteiger charge is -2.16. The number of benzene rings is 1. The second kappa shape index (κ2) is 6.47. The molecule has 2 heterocycles. The van der Waals surface area contributed by atoms with Gasteiger partial charge in [-0.15, -0.1) is 0 Å². The zero-order valence-electron chi connectivity index (χ0n) is 12.0. The second-order valence-corrected chi connectivity index (χ2v) is 5.22. The molecule has 1 aromatic carbocycles. The number of para-hydroxylation sites is 2. The number of hydrogen-bond acceptors (Lipinski definition) is 6. The van der Waals surface area contributed by atoms with Crippen LogP contribution in [0, 0.1) is 0 Å². The normalized spacial score (nSPS) is 15.7. The Balaban J connectivity index is 1.61. The summed E-state index contributed by atoms with van der Waals surface area (Å²) in [5.74, 6) is 1.76. The summed E-state index contributed by atoms with van der Waals surface area (Å²) in [7, 11) is 0. The van der Waals surface area contributed by atoms with Crippen LogP contribution in [-0.4, -0.2) is 23.2 Å². The zero-order chi connectivity index (χ0) is 14.5. The Kier molecular flexibility index (Phi) is 4.23. The molecule has 0 atom stereocenters. The van der Waals surface area contributed by atoms with Gasteiger partial charge in [0.05, 0.1) is 5.69 Å². The molecular weight excluding hydrogens is 268 g/mol. The number of ether oxygens (including phenoxy) is 1. The van der Waals surface area contributed by atoms with Gasteiger partial charge in [0.25, 0.3) is 11.8 Å². The first-order chi connectivity index (χ1) is 10.3. The van der Waals surface area contributed by atoms with Crippen molar-refractivity contribution < 1.29 is 9.26 Å². The van der Waals surface area contributed by atoms with E-state index >= 15 is 0 Å². The van der Waals surface area contributed by atoms with Crippen molar-refractivity contribution in [2.45, 2.75) is 32.3 Å². The van der Waals surface area contributed by atoms with E-state index in [0.29, 0.717) is 23.3 Å². The fourth-order valence-corrected chi connectivity index (χ4v) is 2.46. The lowest BCUT2D eigenvalue weighted by atomic mass is 10.2. The van der Waals surface area contributed by atoms with Gasteiger partial charge in [-0.05, 0) is 30.1 Å². The number of aromatic nitrogens is 2. The summed E-state index contributed by atoms with van der Waals surface area (Å²) in [5, 5.41) is 4.04. The van der Waals surface area contributed by atoms with E-state index in [1.807, 2.05) is 18.2 Å². The van der Waals surface area contributed by atoms with Crippen molar-refractivity contribution in [1.82, 2.24) is 10.1 Å². The van der Waals surface area contributed by atoms with E-state index in [-0.39, 0.29) is 6.61 Å². The topological polar surface area (TPSA) is 77.4 Å². The Morgan fingerprint density at radius 1 is 1.14 bits per heavy atom. The molecule has 0 saturated carbocycles. The Labute approximate surface area is 123 Å². The van der Waals surface area contributed by atoms with Gasteiger partial charge in [0, 0.05) is 13.1 Å². The van der Waals surface area contributed by atoms with Crippen LogP contribution in [0.1, 0.15) is 31.6 Å². The van der Waals surface area contributed by atoms with E-state index < -0.39 is 0 Å². The maximum Gasteiger partial charge on any atom is 0.266 e. The fraction of sp³-hybridized carbons (Fsp3) is 0.467. The molecule has 2 N–H and O–H groups in total. The van der Waals surface area contributed by atoms with Crippen molar-refractivity contribution in [1.29, 1.82) is 0 Å². The molecule has 112 valence electrons. The molecule has 0 spiro atoms. The molecule has 1 aliphatic heterocycles. The summed E-state index contributed by atoms with van der Waals surface area (Å²) >= 11 is 0. The second-order valence-electron chi connectivity index (χ2n) is 5.22. The molecule has 2 aromatic rings. The molecule has 1 saturated heterocycles. The predicted molar refractivity (Wildman–Crippen MR) is 80.2 cm³/mol. The highest BCUT2D eigenvalue weighted by Crippen LogP contribution is 2.21. The number of rotatable bonds is 4. The summed E-state index contributed by atoms with van der Waals surface area (Å²) in [6.45, 7) is 2.21. The highest BCUT2D eigenvalue weighted by molar-refractivity contribution is 5.51. The van der Waals surface area contributed by atoms with Crippen LogP contribution in [0.4, 0.5) is 11.6 Å². The Hall–Kier alpha value is -2.24. The van der Waals surface area contributed by atoms with Gasteiger partial charge >= 0.3 is 0 Å². The third-order valence-electron chi connectivity index (χ3n) is 3.62. The fourth-order valence-electron chi connectivity index (χ4n) is 2.46. The van der Waals surface area contributed by atoms with Gasteiger partial charge in [-0.1, -0.05) is 25.0 Å².